The minimum Gasteiger partial charge on any atom is -0.184 e. The number of thiocyanates is 1. The summed E-state index contributed by atoms with van der Waals surface area (Å²) < 4.78 is 0. The van der Waals surface area contributed by atoms with Crippen LogP contribution in [0, 0.1) is 21.8 Å². The first-order valence-electron chi connectivity index (χ1n) is 1.50. The van der Waals surface area contributed by atoms with E-state index in [1.807, 2.05) is 5.40 Å². The molecule has 0 atom stereocenters. The molecule has 0 aliphatic carbocycles. The lowest BCUT2D eigenvalue weighted by molar-refractivity contribution is 1.57. The zero-order valence-corrected chi connectivity index (χ0v) is 5.84. The van der Waals surface area contributed by atoms with E-state index in [0.29, 0.717) is 5.33 Å². The van der Waals surface area contributed by atoms with E-state index in [9.17, 15) is 0 Å². The van der Waals surface area contributed by atoms with Gasteiger partial charge >= 0.3 is 0 Å². The van der Waals surface area contributed by atoms with Gasteiger partial charge in [0.2, 0.25) is 0 Å². The normalized spacial score (nSPS) is 5.71. The molecule has 0 saturated carbocycles. The molecule has 0 bridgehead atoms. The molecule has 0 fully saturated rings. The van der Waals surface area contributed by atoms with Crippen molar-refractivity contribution in [3.8, 4) is 16.6 Å². The zero-order valence-electron chi connectivity index (χ0n) is 3.44. The number of alkyl halides is 1. The van der Waals surface area contributed by atoms with Gasteiger partial charge in [-0.25, -0.2) is 0 Å². The maximum atomic E-state index is 7.89. The fourth-order valence-corrected chi connectivity index (χ4v) is 0.602. The summed E-state index contributed by atoms with van der Waals surface area (Å²) in [5, 5.41) is 12.9. The molecule has 0 aromatic carbocycles. The average molecular weight is 176 g/mol. The minimum atomic E-state index is 0.641. The summed E-state index contributed by atoms with van der Waals surface area (Å²) in [4.78, 5) is 0. The van der Waals surface area contributed by atoms with Crippen LogP contribution < -0.4 is 0 Å². The number of hydrogen-bond donors (Lipinski definition) is 0. The van der Waals surface area contributed by atoms with E-state index in [1.165, 1.54) is 0 Å². The molecular weight excluding hydrogens is 174 g/mol. The van der Waals surface area contributed by atoms with Crippen molar-refractivity contribution < 1.29 is 0 Å². The van der Waals surface area contributed by atoms with Gasteiger partial charge in [0, 0.05) is 11.8 Å². The summed E-state index contributed by atoms with van der Waals surface area (Å²) in [6.07, 6.45) is 0. The SMILES string of the molecule is N#CSC#CCBr. The van der Waals surface area contributed by atoms with Crippen molar-refractivity contribution >= 4 is 27.7 Å². The lowest BCUT2D eigenvalue weighted by Crippen LogP contribution is -1.52. The smallest absolute Gasteiger partial charge is 0.147 e. The van der Waals surface area contributed by atoms with Crippen LogP contribution in [0.25, 0.3) is 0 Å². The number of nitrogens with zero attached hydrogens (tertiary/aromatic N) is 1. The van der Waals surface area contributed by atoms with Crippen molar-refractivity contribution in [2.45, 2.75) is 0 Å². The standard InChI is InChI=1S/C4H2BrNS/c5-2-1-3-7-4-6/h2H2. The van der Waals surface area contributed by atoms with Gasteiger partial charge in [-0.15, -0.1) is 0 Å². The third-order valence-corrected chi connectivity index (χ3v) is 0.854. The molecule has 0 N–H and O–H groups in total. The lowest BCUT2D eigenvalue weighted by Gasteiger charge is -1.61. The van der Waals surface area contributed by atoms with Crippen LogP contribution in [0.5, 0.6) is 0 Å². The molecule has 7 heavy (non-hydrogen) atoms. The highest BCUT2D eigenvalue weighted by Gasteiger charge is 1.65. The quantitative estimate of drug-likeness (QED) is 0.317. The van der Waals surface area contributed by atoms with Gasteiger partial charge in [-0.1, -0.05) is 21.9 Å². The summed E-state index contributed by atoms with van der Waals surface area (Å²) in [7, 11) is 0. The molecule has 0 aliphatic rings. The molecule has 3 heteroatoms. The molecule has 0 rings (SSSR count). The second-order valence-corrected chi connectivity index (χ2v) is 1.76. The van der Waals surface area contributed by atoms with Crippen molar-refractivity contribution in [3.63, 3.8) is 0 Å². The van der Waals surface area contributed by atoms with Crippen LogP contribution in [-0.2, 0) is 0 Å². The van der Waals surface area contributed by atoms with Crippen LogP contribution in [0.1, 0.15) is 0 Å². The highest BCUT2D eigenvalue weighted by Crippen LogP contribution is 1.89. The molecule has 0 unspecified atom stereocenters. The molecule has 0 aliphatic heterocycles. The van der Waals surface area contributed by atoms with E-state index in [1.54, 1.807) is 0 Å². The predicted molar refractivity (Wildman–Crippen MR) is 34.8 cm³/mol. The molecule has 0 aromatic heterocycles. The van der Waals surface area contributed by atoms with Crippen LogP contribution in [0.2, 0.25) is 0 Å². The van der Waals surface area contributed by atoms with Gasteiger partial charge < -0.3 is 0 Å². The average Bonchev–Trinajstić information content (AvgIpc) is 1.69. The molecule has 0 saturated heterocycles. The van der Waals surface area contributed by atoms with E-state index in [0.717, 1.165) is 11.8 Å². The van der Waals surface area contributed by atoms with Crippen LogP contribution in [0.3, 0.4) is 0 Å². The van der Waals surface area contributed by atoms with E-state index >= 15 is 0 Å². The number of thioether (sulfide) groups is 1. The van der Waals surface area contributed by atoms with Crippen molar-refractivity contribution in [1.82, 2.24) is 0 Å². The molecule has 0 amide bonds. The Morgan fingerprint density at radius 2 is 2.43 bits per heavy atom. The minimum absolute atomic E-state index is 0.641. The number of hydrogen-bond acceptors (Lipinski definition) is 2. The molecule has 0 radical (unpaired) electrons. The number of nitriles is 1. The van der Waals surface area contributed by atoms with Gasteiger partial charge in [0.05, 0.1) is 5.33 Å². The first-order chi connectivity index (χ1) is 3.41. The Kier molecular flexibility index (Phi) is 5.78. The summed E-state index contributed by atoms with van der Waals surface area (Å²) in [5.74, 6) is 2.66. The Bertz CT molecular complexity index is 127. The summed E-state index contributed by atoms with van der Waals surface area (Å²) in [6.45, 7) is 0. The largest absolute Gasteiger partial charge is 0.184 e. The summed E-state index contributed by atoms with van der Waals surface area (Å²) in [5.41, 5.74) is 0. The van der Waals surface area contributed by atoms with E-state index < -0.39 is 0 Å². The second-order valence-electron chi connectivity index (χ2n) is 0.606. The first kappa shape index (κ1) is 6.88. The Morgan fingerprint density at radius 3 is 2.86 bits per heavy atom. The van der Waals surface area contributed by atoms with E-state index in [-0.39, 0.29) is 0 Å². The molecule has 36 valence electrons. The first-order valence-corrected chi connectivity index (χ1v) is 3.44. The lowest BCUT2D eigenvalue weighted by atomic mass is 10.8. The van der Waals surface area contributed by atoms with Gasteiger partial charge in [0.25, 0.3) is 0 Å². The van der Waals surface area contributed by atoms with Crippen LogP contribution in [0.15, 0.2) is 0 Å². The third kappa shape index (κ3) is 5.88. The highest BCUT2D eigenvalue weighted by molar-refractivity contribution is 9.09. The van der Waals surface area contributed by atoms with Gasteiger partial charge in [-0.2, -0.15) is 5.26 Å². The summed E-state index contributed by atoms with van der Waals surface area (Å²) in [6, 6.07) is 0. The predicted octanol–water partition coefficient (Wildman–Crippen LogP) is 1.56. The molecule has 0 aromatic rings. The van der Waals surface area contributed by atoms with Crippen LogP contribution in [-0.4, -0.2) is 5.33 Å². The van der Waals surface area contributed by atoms with Crippen molar-refractivity contribution in [3.05, 3.63) is 0 Å². The molecule has 0 spiro atoms. The van der Waals surface area contributed by atoms with Gasteiger partial charge in [-0.3, -0.25) is 0 Å². The zero-order chi connectivity index (χ0) is 5.54. The molecule has 0 heterocycles. The van der Waals surface area contributed by atoms with Gasteiger partial charge in [-0.05, 0) is 5.25 Å². The molecular formula is C4H2BrNS. The Balaban J connectivity index is 3.12. The monoisotopic (exact) mass is 175 g/mol. The Hall–Kier alpha value is -0.120. The topological polar surface area (TPSA) is 23.8 Å². The van der Waals surface area contributed by atoms with E-state index in [2.05, 4.69) is 27.1 Å². The number of rotatable bonds is 0. The van der Waals surface area contributed by atoms with Gasteiger partial charge in [0.15, 0.2) is 0 Å². The molecule has 1 nitrogen and oxygen atoms in total. The third-order valence-electron chi connectivity index (χ3n) is 0.236. The number of halogens is 1. The van der Waals surface area contributed by atoms with Crippen LogP contribution in [0.4, 0.5) is 0 Å². The van der Waals surface area contributed by atoms with Gasteiger partial charge in [0.1, 0.15) is 5.40 Å². The van der Waals surface area contributed by atoms with Crippen LogP contribution >= 0.6 is 27.7 Å². The fourth-order valence-electron chi connectivity index (χ4n) is 0.0862. The second kappa shape index (κ2) is 5.88. The van der Waals surface area contributed by atoms with E-state index in [4.69, 9.17) is 5.26 Å². The van der Waals surface area contributed by atoms with Crippen molar-refractivity contribution in [2.75, 3.05) is 5.33 Å². The summed E-state index contributed by atoms with van der Waals surface area (Å²) >= 11 is 4.03. The Morgan fingerprint density at radius 1 is 1.71 bits per heavy atom. The highest BCUT2D eigenvalue weighted by atomic mass is 79.9. The maximum absolute atomic E-state index is 7.89. The van der Waals surface area contributed by atoms with Crippen molar-refractivity contribution in [2.24, 2.45) is 0 Å². The Labute approximate surface area is 55.2 Å². The maximum Gasteiger partial charge on any atom is 0.147 e. The fraction of sp³-hybridized carbons (Fsp3) is 0.250. The van der Waals surface area contributed by atoms with Crippen molar-refractivity contribution in [1.29, 1.82) is 5.26 Å².